The molecule has 0 saturated carbocycles. The first-order valence-electron chi connectivity index (χ1n) is 10.7. The standard InChI is InChI=1S/C26H29N3/c1-19-17-26-23(18-25(19)28-16-10-9-15-27(3)20(28)2)22-13-7-8-14-24(22)29(26)21-11-5-4-6-12-21/h4-8,11-14,17-18,20H,9-10,15-16H2,1-3H3. The van der Waals surface area contributed by atoms with Crippen molar-refractivity contribution >= 4 is 27.5 Å². The van der Waals surface area contributed by atoms with Crippen LogP contribution in [0.3, 0.4) is 0 Å². The highest BCUT2D eigenvalue weighted by molar-refractivity contribution is 6.10. The van der Waals surface area contributed by atoms with E-state index in [0.29, 0.717) is 6.17 Å². The number of para-hydroxylation sites is 2. The van der Waals surface area contributed by atoms with Crippen molar-refractivity contribution in [3.63, 3.8) is 0 Å². The van der Waals surface area contributed by atoms with Crippen LogP contribution in [0.5, 0.6) is 0 Å². The van der Waals surface area contributed by atoms with Crippen molar-refractivity contribution in [2.24, 2.45) is 0 Å². The van der Waals surface area contributed by atoms with Gasteiger partial charge in [-0.05, 0) is 76.2 Å². The van der Waals surface area contributed by atoms with Gasteiger partial charge in [-0.25, -0.2) is 0 Å². The van der Waals surface area contributed by atoms with Crippen LogP contribution in [0.15, 0.2) is 66.7 Å². The first-order valence-corrected chi connectivity index (χ1v) is 10.7. The van der Waals surface area contributed by atoms with Crippen molar-refractivity contribution < 1.29 is 0 Å². The molecule has 1 aliphatic rings. The highest BCUT2D eigenvalue weighted by Crippen LogP contribution is 2.37. The number of nitrogens with zero attached hydrogens (tertiary/aromatic N) is 3. The maximum atomic E-state index is 2.59. The van der Waals surface area contributed by atoms with Gasteiger partial charge in [0.25, 0.3) is 0 Å². The summed E-state index contributed by atoms with van der Waals surface area (Å²) in [5.41, 5.74) is 6.49. The van der Waals surface area contributed by atoms with E-state index < -0.39 is 0 Å². The quantitative estimate of drug-likeness (QED) is 0.422. The molecule has 0 spiro atoms. The molecule has 0 radical (unpaired) electrons. The van der Waals surface area contributed by atoms with Crippen LogP contribution in [0.25, 0.3) is 27.5 Å². The third kappa shape index (κ3) is 3.01. The van der Waals surface area contributed by atoms with Gasteiger partial charge in [0, 0.05) is 28.7 Å². The van der Waals surface area contributed by atoms with Crippen LogP contribution in [0, 0.1) is 6.92 Å². The minimum Gasteiger partial charge on any atom is -0.356 e. The van der Waals surface area contributed by atoms with Crippen LogP contribution in [0.4, 0.5) is 5.69 Å². The fourth-order valence-corrected chi connectivity index (χ4v) is 4.85. The van der Waals surface area contributed by atoms with E-state index in [2.05, 4.69) is 102 Å². The lowest BCUT2D eigenvalue weighted by molar-refractivity contribution is 0.267. The van der Waals surface area contributed by atoms with Gasteiger partial charge in [-0.15, -0.1) is 0 Å². The van der Waals surface area contributed by atoms with Crippen molar-refractivity contribution in [3.8, 4) is 5.69 Å². The zero-order valence-electron chi connectivity index (χ0n) is 17.6. The Hall–Kier alpha value is -2.78. The maximum absolute atomic E-state index is 2.59. The zero-order chi connectivity index (χ0) is 20.0. The van der Waals surface area contributed by atoms with Gasteiger partial charge >= 0.3 is 0 Å². The monoisotopic (exact) mass is 383 g/mol. The van der Waals surface area contributed by atoms with Crippen molar-refractivity contribution in [1.29, 1.82) is 0 Å². The first-order chi connectivity index (χ1) is 14.1. The Morgan fingerprint density at radius 1 is 0.793 bits per heavy atom. The number of aromatic nitrogens is 1. The van der Waals surface area contributed by atoms with E-state index in [1.165, 1.54) is 58.1 Å². The normalized spacial score (nSPS) is 18.4. The Labute approximate surface area is 173 Å². The zero-order valence-corrected chi connectivity index (χ0v) is 17.6. The molecule has 1 unspecified atom stereocenters. The smallest absolute Gasteiger partial charge is 0.0789 e. The molecule has 3 heteroatoms. The lowest BCUT2D eigenvalue weighted by Gasteiger charge is -2.35. The third-order valence-corrected chi connectivity index (χ3v) is 6.56. The predicted molar refractivity (Wildman–Crippen MR) is 124 cm³/mol. The molecule has 1 atom stereocenters. The molecule has 1 aromatic heterocycles. The van der Waals surface area contributed by atoms with E-state index in [9.17, 15) is 0 Å². The van der Waals surface area contributed by atoms with E-state index in [4.69, 9.17) is 0 Å². The summed E-state index contributed by atoms with van der Waals surface area (Å²) >= 11 is 0. The van der Waals surface area contributed by atoms with Crippen LogP contribution in [0.2, 0.25) is 0 Å². The summed E-state index contributed by atoms with van der Waals surface area (Å²) in [5.74, 6) is 0. The first kappa shape index (κ1) is 18.3. The van der Waals surface area contributed by atoms with Gasteiger partial charge in [0.15, 0.2) is 0 Å². The number of benzene rings is 3. The molecule has 148 valence electrons. The van der Waals surface area contributed by atoms with Crippen molar-refractivity contribution in [3.05, 3.63) is 72.3 Å². The Balaban J connectivity index is 1.77. The molecular weight excluding hydrogens is 354 g/mol. The van der Waals surface area contributed by atoms with E-state index in [0.717, 1.165) is 6.54 Å². The SMILES string of the molecule is Cc1cc2c(cc1N1CCCCN(C)C1C)c1ccccc1n2-c1ccccc1. The molecule has 3 nitrogen and oxygen atoms in total. The topological polar surface area (TPSA) is 11.4 Å². The van der Waals surface area contributed by atoms with E-state index >= 15 is 0 Å². The van der Waals surface area contributed by atoms with Crippen LogP contribution in [0.1, 0.15) is 25.3 Å². The maximum Gasteiger partial charge on any atom is 0.0789 e. The average molecular weight is 384 g/mol. The second-order valence-electron chi connectivity index (χ2n) is 8.36. The van der Waals surface area contributed by atoms with Crippen LogP contribution in [-0.2, 0) is 0 Å². The van der Waals surface area contributed by atoms with E-state index in [1.54, 1.807) is 0 Å². The molecule has 0 N–H and O–H groups in total. The Morgan fingerprint density at radius 2 is 1.52 bits per heavy atom. The Bertz CT molecular complexity index is 1160. The molecule has 1 fully saturated rings. The van der Waals surface area contributed by atoms with Crippen LogP contribution in [-0.4, -0.2) is 35.8 Å². The molecule has 1 saturated heterocycles. The lowest BCUT2D eigenvalue weighted by Crippen LogP contribution is -2.43. The van der Waals surface area contributed by atoms with Gasteiger partial charge in [0.2, 0.25) is 0 Å². The summed E-state index contributed by atoms with van der Waals surface area (Å²) in [6.07, 6.45) is 2.93. The van der Waals surface area contributed by atoms with Gasteiger partial charge in [0.05, 0.1) is 17.2 Å². The van der Waals surface area contributed by atoms with Crippen LogP contribution >= 0.6 is 0 Å². The van der Waals surface area contributed by atoms with E-state index in [1.807, 2.05) is 0 Å². The summed E-state index contributed by atoms with van der Waals surface area (Å²) in [7, 11) is 2.25. The fourth-order valence-electron chi connectivity index (χ4n) is 4.85. The highest BCUT2D eigenvalue weighted by Gasteiger charge is 2.24. The van der Waals surface area contributed by atoms with Crippen molar-refractivity contribution in [2.45, 2.75) is 32.9 Å². The summed E-state index contributed by atoms with van der Waals surface area (Å²) in [6.45, 7) is 6.89. The fraction of sp³-hybridized carbons (Fsp3) is 0.308. The molecule has 0 amide bonds. The van der Waals surface area contributed by atoms with E-state index in [-0.39, 0.29) is 0 Å². The van der Waals surface area contributed by atoms with Crippen molar-refractivity contribution in [1.82, 2.24) is 9.47 Å². The van der Waals surface area contributed by atoms with Gasteiger partial charge in [-0.1, -0.05) is 36.4 Å². The third-order valence-electron chi connectivity index (χ3n) is 6.56. The highest BCUT2D eigenvalue weighted by atomic mass is 15.3. The van der Waals surface area contributed by atoms with Gasteiger partial charge < -0.3 is 9.47 Å². The minimum atomic E-state index is 0.413. The number of anilines is 1. The molecule has 0 bridgehead atoms. The number of rotatable bonds is 2. The minimum absolute atomic E-state index is 0.413. The van der Waals surface area contributed by atoms with Crippen LogP contribution < -0.4 is 4.90 Å². The number of fused-ring (bicyclic) bond motifs is 3. The van der Waals surface area contributed by atoms with Crippen molar-refractivity contribution in [2.75, 3.05) is 25.0 Å². The van der Waals surface area contributed by atoms with Gasteiger partial charge in [0.1, 0.15) is 0 Å². The molecule has 29 heavy (non-hydrogen) atoms. The lowest BCUT2D eigenvalue weighted by atomic mass is 10.1. The summed E-state index contributed by atoms with van der Waals surface area (Å²) in [4.78, 5) is 5.07. The van der Waals surface area contributed by atoms with Gasteiger partial charge in [-0.3, -0.25) is 4.90 Å². The number of hydrogen-bond acceptors (Lipinski definition) is 2. The second-order valence-corrected chi connectivity index (χ2v) is 8.36. The average Bonchev–Trinajstić information content (AvgIpc) is 2.96. The number of aryl methyl sites for hydroxylation is 1. The Morgan fingerprint density at radius 3 is 2.34 bits per heavy atom. The summed E-state index contributed by atoms with van der Waals surface area (Å²) in [6, 6.07) is 24.3. The molecule has 2 heterocycles. The molecule has 5 rings (SSSR count). The molecule has 1 aliphatic heterocycles. The molecule has 0 aliphatic carbocycles. The molecular formula is C26H29N3. The predicted octanol–water partition coefficient (Wildman–Crippen LogP) is 5.97. The largest absolute Gasteiger partial charge is 0.356 e. The summed E-state index contributed by atoms with van der Waals surface area (Å²) in [5, 5.41) is 2.66. The summed E-state index contributed by atoms with van der Waals surface area (Å²) < 4.78 is 2.40. The molecule has 3 aromatic carbocycles. The Kier molecular flexibility index (Phi) is 4.56. The number of hydrogen-bond donors (Lipinski definition) is 0. The molecule has 4 aromatic rings. The second kappa shape index (κ2) is 7.23. The van der Waals surface area contributed by atoms with Gasteiger partial charge in [-0.2, -0.15) is 0 Å².